The molecule has 0 heterocycles. The maximum Gasteiger partial charge on any atom is 0.0960 e. The van der Waals surface area contributed by atoms with Crippen LogP contribution in [-0.4, -0.2) is 18.3 Å². The van der Waals surface area contributed by atoms with Gasteiger partial charge in [0.2, 0.25) is 0 Å². The van der Waals surface area contributed by atoms with Crippen LogP contribution in [0.15, 0.2) is 23.1 Å². The Morgan fingerprint density at radius 3 is 2.71 bits per heavy atom. The lowest BCUT2D eigenvalue weighted by Gasteiger charge is -2.09. The quantitative estimate of drug-likeness (QED) is 0.785. The molecule has 0 amide bonds. The summed E-state index contributed by atoms with van der Waals surface area (Å²) in [6, 6.07) is 8.80. The van der Waals surface area contributed by atoms with Gasteiger partial charge in [-0.2, -0.15) is 5.26 Å². The number of thioether (sulfide) groups is 1. The van der Waals surface area contributed by atoms with Crippen LogP contribution in [-0.2, 0) is 0 Å². The summed E-state index contributed by atoms with van der Waals surface area (Å²) in [6.07, 6.45) is 0.891. The largest absolute Gasteiger partial charge is 0.302 e. The molecule has 0 saturated carbocycles. The van der Waals surface area contributed by atoms with Crippen LogP contribution >= 0.6 is 11.8 Å². The smallest absolute Gasteiger partial charge is 0.0960 e. The predicted molar refractivity (Wildman–Crippen MR) is 74.3 cm³/mol. The van der Waals surface area contributed by atoms with Crippen molar-refractivity contribution in [2.75, 3.05) is 12.3 Å². The standard InChI is InChI=1S/C14H20N2S/c1-4-16-13(10-15)7-8-17-14-6-5-11(2)12(3)9-14/h5-6,9,13,16H,4,7-8H2,1-3H3. The summed E-state index contributed by atoms with van der Waals surface area (Å²) in [5, 5.41) is 12.1. The Kier molecular flexibility index (Phi) is 6.10. The summed E-state index contributed by atoms with van der Waals surface area (Å²) in [7, 11) is 0. The van der Waals surface area contributed by atoms with Gasteiger partial charge in [-0.25, -0.2) is 0 Å². The minimum atomic E-state index is -0.0148. The summed E-state index contributed by atoms with van der Waals surface area (Å²) in [6.45, 7) is 7.14. The van der Waals surface area contributed by atoms with Gasteiger partial charge in [-0.15, -0.1) is 11.8 Å². The van der Waals surface area contributed by atoms with Crippen LogP contribution in [0.3, 0.4) is 0 Å². The molecule has 1 unspecified atom stereocenters. The Morgan fingerprint density at radius 2 is 2.12 bits per heavy atom. The minimum Gasteiger partial charge on any atom is -0.302 e. The van der Waals surface area contributed by atoms with Gasteiger partial charge in [-0.3, -0.25) is 0 Å². The number of aryl methyl sites for hydroxylation is 2. The molecule has 1 aromatic carbocycles. The second-order valence-corrected chi connectivity index (χ2v) is 5.29. The third-order valence-corrected chi connectivity index (χ3v) is 3.79. The normalized spacial score (nSPS) is 12.1. The number of benzene rings is 1. The van der Waals surface area contributed by atoms with Crippen LogP contribution in [0.25, 0.3) is 0 Å². The second kappa shape index (κ2) is 7.37. The van der Waals surface area contributed by atoms with E-state index in [2.05, 4.69) is 43.4 Å². The second-order valence-electron chi connectivity index (χ2n) is 4.12. The van der Waals surface area contributed by atoms with Crippen molar-refractivity contribution in [1.82, 2.24) is 5.32 Å². The van der Waals surface area contributed by atoms with Gasteiger partial charge >= 0.3 is 0 Å². The zero-order valence-electron chi connectivity index (χ0n) is 10.8. The molecule has 0 aliphatic carbocycles. The molecule has 0 fully saturated rings. The molecule has 92 valence electrons. The zero-order chi connectivity index (χ0) is 12.7. The third-order valence-electron chi connectivity index (χ3n) is 2.76. The lowest BCUT2D eigenvalue weighted by Crippen LogP contribution is -2.27. The molecule has 0 spiro atoms. The topological polar surface area (TPSA) is 35.8 Å². The first kappa shape index (κ1) is 14.1. The van der Waals surface area contributed by atoms with E-state index < -0.39 is 0 Å². The van der Waals surface area contributed by atoms with Gasteiger partial charge in [-0.1, -0.05) is 13.0 Å². The predicted octanol–water partition coefficient (Wildman–Crippen LogP) is 3.29. The first-order valence-corrected chi connectivity index (χ1v) is 6.99. The fourth-order valence-electron chi connectivity index (χ4n) is 1.56. The van der Waals surface area contributed by atoms with Crippen molar-refractivity contribution in [3.05, 3.63) is 29.3 Å². The van der Waals surface area contributed by atoms with Gasteiger partial charge in [0.1, 0.15) is 0 Å². The van der Waals surface area contributed by atoms with E-state index in [1.807, 2.05) is 18.7 Å². The fourth-order valence-corrected chi connectivity index (χ4v) is 2.57. The average Bonchev–Trinajstić information content (AvgIpc) is 2.32. The molecule has 1 aromatic rings. The molecular formula is C14H20N2S. The van der Waals surface area contributed by atoms with Crippen LogP contribution in [0.2, 0.25) is 0 Å². The van der Waals surface area contributed by atoms with Crippen molar-refractivity contribution in [3.63, 3.8) is 0 Å². The van der Waals surface area contributed by atoms with Gasteiger partial charge in [0.25, 0.3) is 0 Å². The Labute approximate surface area is 108 Å². The van der Waals surface area contributed by atoms with Crippen molar-refractivity contribution >= 4 is 11.8 Å². The molecule has 0 radical (unpaired) electrons. The fraction of sp³-hybridized carbons (Fsp3) is 0.500. The third kappa shape index (κ3) is 4.80. The maximum atomic E-state index is 8.91. The number of hydrogen-bond acceptors (Lipinski definition) is 3. The number of hydrogen-bond donors (Lipinski definition) is 1. The van der Waals surface area contributed by atoms with E-state index in [0.717, 1.165) is 18.7 Å². The zero-order valence-corrected chi connectivity index (χ0v) is 11.6. The van der Waals surface area contributed by atoms with Gasteiger partial charge in [0.05, 0.1) is 12.1 Å². The van der Waals surface area contributed by atoms with Gasteiger partial charge in [0, 0.05) is 10.6 Å². The van der Waals surface area contributed by atoms with Crippen molar-refractivity contribution in [1.29, 1.82) is 5.26 Å². The number of nitriles is 1. The van der Waals surface area contributed by atoms with Crippen molar-refractivity contribution < 1.29 is 0 Å². The first-order valence-electron chi connectivity index (χ1n) is 6.00. The lowest BCUT2D eigenvalue weighted by molar-refractivity contribution is 0.613. The molecule has 17 heavy (non-hydrogen) atoms. The van der Waals surface area contributed by atoms with E-state index in [1.165, 1.54) is 16.0 Å². The van der Waals surface area contributed by atoms with E-state index in [1.54, 1.807) is 0 Å². The molecule has 0 bridgehead atoms. The van der Waals surface area contributed by atoms with E-state index in [4.69, 9.17) is 5.26 Å². The highest BCUT2D eigenvalue weighted by Crippen LogP contribution is 2.22. The van der Waals surface area contributed by atoms with Crippen molar-refractivity contribution in [2.45, 2.75) is 38.1 Å². The molecule has 3 heteroatoms. The molecule has 0 saturated heterocycles. The van der Waals surface area contributed by atoms with Crippen LogP contribution in [0.1, 0.15) is 24.5 Å². The number of nitrogens with one attached hydrogen (secondary N) is 1. The van der Waals surface area contributed by atoms with E-state index in [9.17, 15) is 0 Å². The summed E-state index contributed by atoms with van der Waals surface area (Å²) < 4.78 is 0. The summed E-state index contributed by atoms with van der Waals surface area (Å²) in [5.41, 5.74) is 2.66. The van der Waals surface area contributed by atoms with Crippen molar-refractivity contribution in [2.24, 2.45) is 0 Å². The number of rotatable bonds is 6. The lowest BCUT2D eigenvalue weighted by atomic mass is 10.1. The molecule has 2 nitrogen and oxygen atoms in total. The molecular weight excluding hydrogens is 228 g/mol. The Hall–Kier alpha value is -0.980. The first-order chi connectivity index (χ1) is 8.17. The van der Waals surface area contributed by atoms with Crippen LogP contribution < -0.4 is 5.32 Å². The van der Waals surface area contributed by atoms with Crippen LogP contribution in [0.4, 0.5) is 0 Å². The van der Waals surface area contributed by atoms with Gasteiger partial charge < -0.3 is 5.32 Å². The highest BCUT2D eigenvalue weighted by Gasteiger charge is 2.05. The molecule has 1 rings (SSSR count). The summed E-state index contributed by atoms with van der Waals surface area (Å²) in [4.78, 5) is 1.29. The Balaban J connectivity index is 2.40. The van der Waals surface area contributed by atoms with Crippen molar-refractivity contribution in [3.8, 4) is 6.07 Å². The molecule has 0 aromatic heterocycles. The highest BCUT2D eigenvalue weighted by molar-refractivity contribution is 7.99. The van der Waals surface area contributed by atoms with Crippen LogP contribution in [0, 0.1) is 25.2 Å². The van der Waals surface area contributed by atoms with Crippen LogP contribution in [0.5, 0.6) is 0 Å². The monoisotopic (exact) mass is 248 g/mol. The summed E-state index contributed by atoms with van der Waals surface area (Å²) >= 11 is 1.82. The minimum absolute atomic E-state index is 0.0148. The Bertz CT molecular complexity index is 396. The van der Waals surface area contributed by atoms with Gasteiger partial charge in [0.15, 0.2) is 0 Å². The maximum absolute atomic E-state index is 8.91. The molecule has 1 atom stereocenters. The highest BCUT2D eigenvalue weighted by atomic mass is 32.2. The van der Waals surface area contributed by atoms with E-state index in [0.29, 0.717) is 0 Å². The average molecular weight is 248 g/mol. The molecule has 1 N–H and O–H groups in total. The van der Waals surface area contributed by atoms with Gasteiger partial charge in [-0.05, 0) is 50.1 Å². The SMILES string of the molecule is CCNC(C#N)CCSc1ccc(C)c(C)c1. The van der Waals surface area contributed by atoms with E-state index in [-0.39, 0.29) is 6.04 Å². The molecule has 0 aliphatic rings. The summed E-state index contributed by atoms with van der Waals surface area (Å²) in [5.74, 6) is 0.980. The molecule has 0 aliphatic heterocycles. The Morgan fingerprint density at radius 1 is 1.35 bits per heavy atom. The van der Waals surface area contributed by atoms with E-state index >= 15 is 0 Å². The number of nitrogens with zero attached hydrogens (tertiary/aromatic N) is 1.